The molecular formula is C14H20F2N2O4S2. The molecule has 1 aromatic carbocycles. The van der Waals surface area contributed by atoms with Crippen molar-refractivity contribution in [3.63, 3.8) is 0 Å². The largest absolute Gasteiger partial charge is 0.396 e. The van der Waals surface area contributed by atoms with Crippen molar-refractivity contribution < 1.29 is 27.1 Å². The Kier molecular flexibility index (Phi) is 7.91. The van der Waals surface area contributed by atoms with Crippen molar-refractivity contribution in [2.75, 3.05) is 30.2 Å². The molecule has 2 amide bonds. The maximum Gasteiger partial charge on any atom is 0.319 e. The summed E-state index contributed by atoms with van der Waals surface area (Å²) in [7, 11) is -3.80. The molecule has 24 heavy (non-hydrogen) atoms. The molecule has 0 saturated heterocycles. The Balaban J connectivity index is 2.92. The average molecular weight is 382 g/mol. The quantitative estimate of drug-likeness (QED) is 0.641. The van der Waals surface area contributed by atoms with E-state index in [0.29, 0.717) is 12.2 Å². The molecule has 0 bridgehead atoms. The molecule has 1 atom stereocenters. The lowest BCUT2D eigenvalue weighted by atomic mass is 10.2. The van der Waals surface area contributed by atoms with E-state index < -0.39 is 32.8 Å². The minimum absolute atomic E-state index is 0.0575. The molecule has 0 aromatic heterocycles. The van der Waals surface area contributed by atoms with Crippen LogP contribution in [0.25, 0.3) is 0 Å². The van der Waals surface area contributed by atoms with Crippen molar-refractivity contribution in [1.29, 1.82) is 0 Å². The van der Waals surface area contributed by atoms with Gasteiger partial charge in [0, 0.05) is 35.9 Å². The highest BCUT2D eigenvalue weighted by molar-refractivity contribution is 7.98. The molecule has 0 radical (unpaired) electrons. The van der Waals surface area contributed by atoms with Crippen molar-refractivity contribution in [2.24, 2.45) is 0 Å². The Hall–Kier alpha value is -1.39. The van der Waals surface area contributed by atoms with Crippen LogP contribution >= 0.6 is 11.8 Å². The third-order valence-corrected chi connectivity index (χ3v) is 4.99. The highest BCUT2D eigenvalue weighted by Gasteiger charge is 2.21. The summed E-state index contributed by atoms with van der Waals surface area (Å²) >= 11 is 1.49. The van der Waals surface area contributed by atoms with Gasteiger partial charge in [0.1, 0.15) is 0 Å². The predicted octanol–water partition coefficient (Wildman–Crippen LogP) is 2.26. The van der Waals surface area contributed by atoms with E-state index in [1.54, 1.807) is 0 Å². The van der Waals surface area contributed by atoms with E-state index in [-0.39, 0.29) is 18.3 Å². The first-order valence-electron chi connectivity index (χ1n) is 6.98. The van der Waals surface area contributed by atoms with E-state index in [1.807, 2.05) is 6.26 Å². The Labute approximate surface area is 143 Å². The van der Waals surface area contributed by atoms with Gasteiger partial charge in [0.05, 0.1) is 4.90 Å². The normalized spacial score (nSPS) is 12.9. The molecule has 136 valence electrons. The fourth-order valence-electron chi connectivity index (χ4n) is 2.04. The summed E-state index contributed by atoms with van der Waals surface area (Å²) in [6.07, 6.45) is 0.0700. The number of anilines is 1. The summed E-state index contributed by atoms with van der Waals surface area (Å²) in [5, 5.41) is 14.0. The molecule has 10 heteroatoms. The average Bonchev–Trinajstić information content (AvgIpc) is 2.46. The van der Waals surface area contributed by atoms with E-state index >= 15 is 0 Å². The first kappa shape index (κ1) is 20.7. The van der Waals surface area contributed by atoms with Crippen LogP contribution in [-0.2, 0) is 9.84 Å². The molecule has 0 unspecified atom stereocenters. The summed E-state index contributed by atoms with van der Waals surface area (Å²) in [6, 6.07) is 2.34. The van der Waals surface area contributed by atoms with E-state index in [4.69, 9.17) is 5.11 Å². The molecule has 0 saturated carbocycles. The van der Waals surface area contributed by atoms with Gasteiger partial charge in [-0.1, -0.05) is 0 Å². The minimum Gasteiger partial charge on any atom is -0.396 e. The summed E-state index contributed by atoms with van der Waals surface area (Å²) in [5.41, 5.74) is -0.603. The lowest BCUT2D eigenvalue weighted by Gasteiger charge is -2.17. The Morgan fingerprint density at radius 1 is 1.38 bits per heavy atom. The smallest absolute Gasteiger partial charge is 0.319 e. The zero-order chi connectivity index (χ0) is 18.3. The van der Waals surface area contributed by atoms with Crippen molar-refractivity contribution in [1.82, 2.24) is 5.32 Å². The van der Waals surface area contributed by atoms with Crippen LogP contribution in [0.3, 0.4) is 0 Å². The molecule has 1 aromatic rings. The monoisotopic (exact) mass is 382 g/mol. The summed E-state index contributed by atoms with van der Waals surface area (Å²) in [5.74, 6) is 0.587. The molecular weight excluding hydrogens is 362 g/mol. The van der Waals surface area contributed by atoms with E-state index in [0.717, 1.165) is 18.4 Å². The van der Waals surface area contributed by atoms with Gasteiger partial charge in [0.25, 0.3) is 6.43 Å². The lowest BCUT2D eigenvalue weighted by molar-refractivity contribution is 0.148. The molecule has 6 nitrogen and oxygen atoms in total. The standard InChI is InChI=1S/C14H20F2N2O4S2/c1-23-8-10(5-6-19)18-14(20)17-9-3-4-12(24(2,21)22)11(7-9)13(15)16/h3-4,7,10,13,19H,5-6,8H2,1-2H3,(H2,17,18,20)/t10-/m0/s1. The third-order valence-electron chi connectivity index (χ3n) is 3.08. The van der Waals surface area contributed by atoms with Gasteiger partial charge in [-0.2, -0.15) is 11.8 Å². The Bertz CT molecular complexity index is 663. The number of carbonyl (C=O) groups excluding carboxylic acids is 1. The summed E-state index contributed by atoms with van der Waals surface area (Å²) in [6.45, 7) is -0.0932. The highest BCUT2D eigenvalue weighted by atomic mass is 32.2. The molecule has 0 aliphatic heterocycles. The predicted molar refractivity (Wildman–Crippen MR) is 90.5 cm³/mol. The first-order chi connectivity index (χ1) is 11.2. The molecule has 0 spiro atoms. The fourth-order valence-corrected chi connectivity index (χ4v) is 3.58. The molecule has 0 aliphatic carbocycles. The number of aliphatic hydroxyl groups excluding tert-OH is 1. The second-order valence-electron chi connectivity index (χ2n) is 5.09. The van der Waals surface area contributed by atoms with Crippen LogP contribution < -0.4 is 10.6 Å². The SMILES string of the molecule is CSC[C@H](CCO)NC(=O)Nc1ccc(S(C)(=O)=O)c(C(F)F)c1. The summed E-state index contributed by atoms with van der Waals surface area (Å²) in [4.78, 5) is 11.4. The number of benzene rings is 1. The Morgan fingerprint density at radius 3 is 2.54 bits per heavy atom. The number of nitrogens with one attached hydrogen (secondary N) is 2. The number of amides is 2. The molecule has 1 rings (SSSR count). The van der Waals surface area contributed by atoms with E-state index in [1.165, 1.54) is 17.8 Å². The maximum atomic E-state index is 13.1. The number of carbonyl (C=O) groups is 1. The van der Waals surface area contributed by atoms with Crippen molar-refractivity contribution in [3.8, 4) is 0 Å². The number of thioether (sulfide) groups is 1. The van der Waals surface area contributed by atoms with Gasteiger partial charge in [-0.05, 0) is 30.9 Å². The molecule has 0 fully saturated rings. The van der Waals surface area contributed by atoms with Crippen LogP contribution in [0.1, 0.15) is 18.4 Å². The number of halogens is 2. The van der Waals surface area contributed by atoms with E-state index in [9.17, 15) is 22.0 Å². The molecule has 0 aliphatic rings. The van der Waals surface area contributed by atoms with Gasteiger partial charge in [0.15, 0.2) is 9.84 Å². The van der Waals surface area contributed by atoms with Gasteiger partial charge < -0.3 is 15.7 Å². The van der Waals surface area contributed by atoms with Gasteiger partial charge in [-0.25, -0.2) is 22.0 Å². The minimum atomic E-state index is -3.80. The van der Waals surface area contributed by atoms with Gasteiger partial charge >= 0.3 is 6.03 Å². The van der Waals surface area contributed by atoms with Crippen molar-refractivity contribution in [2.45, 2.75) is 23.8 Å². The topological polar surface area (TPSA) is 95.5 Å². The number of rotatable bonds is 8. The fraction of sp³-hybridized carbons (Fsp3) is 0.500. The third kappa shape index (κ3) is 6.25. The summed E-state index contributed by atoms with van der Waals surface area (Å²) < 4.78 is 49.2. The van der Waals surface area contributed by atoms with Crippen LogP contribution in [-0.4, -0.2) is 50.5 Å². The number of sulfone groups is 1. The molecule has 3 N–H and O–H groups in total. The second-order valence-corrected chi connectivity index (χ2v) is 7.98. The maximum absolute atomic E-state index is 13.1. The highest BCUT2D eigenvalue weighted by Crippen LogP contribution is 2.29. The van der Waals surface area contributed by atoms with Crippen LogP contribution in [0, 0.1) is 0 Å². The zero-order valence-electron chi connectivity index (χ0n) is 13.3. The number of aliphatic hydroxyl groups is 1. The van der Waals surface area contributed by atoms with E-state index in [2.05, 4.69) is 10.6 Å². The van der Waals surface area contributed by atoms with Crippen LogP contribution in [0.5, 0.6) is 0 Å². The number of hydrogen-bond donors (Lipinski definition) is 3. The van der Waals surface area contributed by atoms with Crippen molar-refractivity contribution >= 4 is 33.3 Å². The van der Waals surface area contributed by atoms with Gasteiger partial charge in [-0.15, -0.1) is 0 Å². The van der Waals surface area contributed by atoms with Crippen molar-refractivity contribution in [3.05, 3.63) is 23.8 Å². The second kappa shape index (κ2) is 9.19. The Morgan fingerprint density at radius 2 is 2.04 bits per heavy atom. The van der Waals surface area contributed by atoms with Gasteiger partial charge in [-0.3, -0.25) is 0 Å². The lowest BCUT2D eigenvalue weighted by Crippen LogP contribution is -2.40. The number of urea groups is 1. The van der Waals surface area contributed by atoms with Crippen LogP contribution in [0.4, 0.5) is 19.3 Å². The number of hydrogen-bond acceptors (Lipinski definition) is 5. The number of alkyl halides is 2. The van der Waals surface area contributed by atoms with Crippen LogP contribution in [0.2, 0.25) is 0 Å². The van der Waals surface area contributed by atoms with Crippen LogP contribution in [0.15, 0.2) is 23.1 Å². The van der Waals surface area contributed by atoms with Gasteiger partial charge in [0.2, 0.25) is 0 Å². The molecule has 0 heterocycles. The first-order valence-corrected chi connectivity index (χ1v) is 10.3. The zero-order valence-corrected chi connectivity index (χ0v) is 14.9.